The maximum absolute atomic E-state index is 12.8. The zero-order valence-corrected chi connectivity index (χ0v) is 9.63. The lowest BCUT2D eigenvalue weighted by atomic mass is 10.0. The average Bonchev–Trinajstić information content (AvgIpc) is 2.25. The second-order valence-corrected chi connectivity index (χ2v) is 3.46. The molecule has 1 rings (SSSR count). The molecule has 0 amide bonds. The molecule has 0 aliphatic rings. The molecule has 1 aromatic carbocycles. The number of rotatable bonds is 3. The molecule has 96 valence electrons. The van der Waals surface area contributed by atoms with Crippen molar-refractivity contribution in [2.75, 3.05) is 14.2 Å². The van der Waals surface area contributed by atoms with E-state index >= 15 is 0 Å². The minimum absolute atomic E-state index is 0.0265. The third-order valence-corrected chi connectivity index (χ3v) is 2.29. The second-order valence-electron chi connectivity index (χ2n) is 3.46. The van der Waals surface area contributed by atoms with Crippen molar-refractivity contribution >= 4 is 0 Å². The summed E-state index contributed by atoms with van der Waals surface area (Å²) in [6.07, 6.45) is -5.86. The van der Waals surface area contributed by atoms with Crippen LogP contribution < -0.4 is 9.47 Å². The van der Waals surface area contributed by atoms with Gasteiger partial charge < -0.3 is 14.6 Å². The van der Waals surface area contributed by atoms with Gasteiger partial charge in [-0.05, 0) is 13.0 Å². The first-order chi connectivity index (χ1) is 7.81. The molecule has 6 heteroatoms. The van der Waals surface area contributed by atoms with Gasteiger partial charge in [0.25, 0.3) is 0 Å². The molecule has 0 heterocycles. The first-order valence-corrected chi connectivity index (χ1v) is 4.82. The summed E-state index contributed by atoms with van der Waals surface area (Å²) in [7, 11) is 2.50. The lowest BCUT2D eigenvalue weighted by Gasteiger charge is -2.19. The summed E-state index contributed by atoms with van der Waals surface area (Å²) < 4.78 is 48.1. The van der Waals surface area contributed by atoms with Gasteiger partial charge in [-0.1, -0.05) is 0 Å². The molecule has 1 N–H and O–H groups in total. The molecular weight excluding hydrogens is 237 g/mol. The van der Waals surface area contributed by atoms with Gasteiger partial charge in [0.2, 0.25) is 0 Å². The second kappa shape index (κ2) is 4.83. The Bertz CT molecular complexity index is 400. The third-order valence-electron chi connectivity index (χ3n) is 2.29. The van der Waals surface area contributed by atoms with Crippen molar-refractivity contribution in [2.24, 2.45) is 0 Å². The van der Waals surface area contributed by atoms with Crippen molar-refractivity contribution in [1.29, 1.82) is 0 Å². The maximum Gasteiger partial charge on any atom is 0.417 e. The fourth-order valence-corrected chi connectivity index (χ4v) is 1.55. The zero-order chi connectivity index (χ0) is 13.2. The van der Waals surface area contributed by atoms with Crippen molar-refractivity contribution in [1.82, 2.24) is 0 Å². The molecule has 0 aliphatic heterocycles. The first-order valence-electron chi connectivity index (χ1n) is 4.82. The average molecular weight is 250 g/mol. The van der Waals surface area contributed by atoms with Gasteiger partial charge in [-0.15, -0.1) is 0 Å². The number of aliphatic hydroxyl groups excluding tert-OH is 1. The van der Waals surface area contributed by atoms with Crippen LogP contribution in [0.15, 0.2) is 12.1 Å². The van der Waals surface area contributed by atoms with Gasteiger partial charge in [-0.2, -0.15) is 13.2 Å². The van der Waals surface area contributed by atoms with Crippen LogP contribution >= 0.6 is 0 Å². The summed E-state index contributed by atoms with van der Waals surface area (Å²) in [6, 6.07) is 2.14. The Kier molecular flexibility index (Phi) is 3.87. The maximum atomic E-state index is 12.8. The number of hydrogen-bond donors (Lipinski definition) is 1. The van der Waals surface area contributed by atoms with Crippen LogP contribution in [0.5, 0.6) is 11.5 Å². The molecule has 1 atom stereocenters. The zero-order valence-electron chi connectivity index (χ0n) is 9.63. The first kappa shape index (κ1) is 13.6. The predicted molar refractivity (Wildman–Crippen MR) is 55.2 cm³/mol. The molecule has 0 saturated heterocycles. The highest BCUT2D eigenvalue weighted by atomic mass is 19.4. The Morgan fingerprint density at radius 3 is 2.12 bits per heavy atom. The molecule has 0 bridgehead atoms. The van der Waals surface area contributed by atoms with E-state index in [4.69, 9.17) is 9.47 Å². The standard InChI is InChI=1S/C11H13F3O3/c1-6(15)10-8(11(12,13)14)4-7(16-2)5-9(10)17-3/h4-6,15H,1-3H3. The summed E-state index contributed by atoms with van der Waals surface area (Å²) in [5, 5.41) is 9.42. The summed E-state index contributed by atoms with van der Waals surface area (Å²) in [5.41, 5.74) is -1.25. The Morgan fingerprint density at radius 1 is 1.18 bits per heavy atom. The summed E-state index contributed by atoms with van der Waals surface area (Å²) in [5.74, 6) is -0.0229. The van der Waals surface area contributed by atoms with E-state index in [2.05, 4.69) is 0 Å². The van der Waals surface area contributed by atoms with Crippen molar-refractivity contribution in [3.8, 4) is 11.5 Å². The van der Waals surface area contributed by atoms with Crippen molar-refractivity contribution in [3.05, 3.63) is 23.3 Å². The Labute approximate surface area is 96.8 Å². The molecule has 0 fully saturated rings. The van der Waals surface area contributed by atoms with E-state index in [0.29, 0.717) is 0 Å². The minimum Gasteiger partial charge on any atom is -0.497 e. The van der Waals surface area contributed by atoms with E-state index in [9.17, 15) is 18.3 Å². The Morgan fingerprint density at radius 2 is 1.76 bits per heavy atom. The molecule has 0 saturated carbocycles. The van der Waals surface area contributed by atoms with Gasteiger partial charge in [-0.3, -0.25) is 0 Å². The minimum atomic E-state index is -4.58. The van der Waals surface area contributed by atoms with Gasteiger partial charge in [-0.25, -0.2) is 0 Å². The van der Waals surface area contributed by atoms with Gasteiger partial charge in [0.15, 0.2) is 0 Å². The van der Waals surface area contributed by atoms with Crippen LogP contribution in [0.1, 0.15) is 24.2 Å². The number of ether oxygens (including phenoxy) is 2. The molecule has 1 unspecified atom stereocenters. The van der Waals surface area contributed by atoms with Crippen LogP contribution in [-0.4, -0.2) is 19.3 Å². The highest BCUT2D eigenvalue weighted by Crippen LogP contribution is 2.41. The molecular formula is C11H13F3O3. The van der Waals surface area contributed by atoms with E-state index in [0.717, 1.165) is 6.07 Å². The highest BCUT2D eigenvalue weighted by molar-refractivity contribution is 5.49. The van der Waals surface area contributed by atoms with Gasteiger partial charge in [0.1, 0.15) is 11.5 Å². The predicted octanol–water partition coefficient (Wildman–Crippen LogP) is 2.78. The monoisotopic (exact) mass is 250 g/mol. The normalized spacial score (nSPS) is 13.4. The molecule has 0 aliphatic carbocycles. The lowest BCUT2D eigenvalue weighted by Crippen LogP contribution is -2.12. The summed E-state index contributed by atoms with van der Waals surface area (Å²) in [4.78, 5) is 0. The van der Waals surface area contributed by atoms with Gasteiger partial charge in [0.05, 0.1) is 25.9 Å². The molecule has 17 heavy (non-hydrogen) atoms. The Balaban J connectivity index is 3.52. The number of aliphatic hydroxyl groups is 1. The lowest BCUT2D eigenvalue weighted by molar-refractivity contribution is -0.139. The van der Waals surface area contributed by atoms with E-state index in [-0.39, 0.29) is 17.1 Å². The third kappa shape index (κ3) is 2.82. The van der Waals surface area contributed by atoms with Crippen molar-refractivity contribution in [3.63, 3.8) is 0 Å². The van der Waals surface area contributed by atoms with Crippen LogP contribution in [0.3, 0.4) is 0 Å². The van der Waals surface area contributed by atoms with Gasteiger partial charge in [0, 0.05) is 11.6 Å². The van der Waals surface area contributed by atoms with E-state index in [1.807, 2.05) is 0 Å². The fourth-order valence-electron chi connectivity index (χ4n) is 1.55. The number of hydrogen-bond acceptors (Lipinski definition) is 3. The van der Waals surface area contributed by atoms with Crippen LogP contribution in [0.4, 0.5) is 13.2 Å². The molecule has 0 radical (unpaired) electrons. The molecule has 0 aromatic heterocycles. The topological polar surface area (TPSA) is 38.7 Å². The van der Waals surface area contributed by atoms with Crippen LogP contribution in [0.25, 0.3) is 0 Å². The molecule has 1 aromatic rings. The van der Waals surface area contributed by atoms with Crippen LogP contribution in [0, 0.1) is 0 Å². The van der Waals surface area contributed by atoms with E-state index in [1.54, 1.807) is 0 Å². The highest BCUT2D eigenvalue weighted by Gasteiger charge is 2.36. The smallest absolute Gasteiger partial charge is 0.417 e. The summed E-state index contributed by atoms with van der Waals surface area (Å²) >= 11 is 0. The van der Waals surface area contributed by atoms with E-state index < -0.39 is 17.8 Å². The van der Waals surface area contributed by atoms with Crippen molar-refractivity contribution in [2.45, 2.75) is 19.2 Å². The van der Waals surface area contributed by atoms with Crippen molar-refractivity contribution < 1.29 is 27.8 Å². The number of methoxy groups -OCH3 is 2. The summed E-state index contributed by atoms with van der Waals surface area (Å²) in [6.45, 7) is 1.25. The quantitative estimate of drug-likeness (QED) is 0.896. The molecule has 3 nitrogen and oxygen atoms in total. The van der Waals surface area contributed by atoms with Gasteiger partial charge >= 0.3 is 6.18 Å². The number of benzene rings is 1. The number of halogens is 3. The van der Waals surface area contributed by atoms with Crippen LogP contribution in [0.2, 0.25) is 0 Å². The van der Waals surface area contributed by atoms with E-state index in [1.165, 1.54) is 27.2 Å². The largest absolute Gasteiger partial charge is 0.497 e. The Hall–Kier alpha value is -1.43. The SMILES string of the molecule is COc1cc(OC)c(C(C)O)c(C(F)(F)F)c1. The molecule has 0 spiro atoms. The number of alkyl halides is 3. The fraction of sp³-hybridized carbons (Fsp3) is 0.455. The van der Waals surface area contributed by atoms with Crippen LogP contribution in [-0.2, 0) is 6.18 Å².